The number of hydrogen-bond acceptors (Lipinski definition) is 2. The summed E-state index contributed by atoms with van der Waals surface area (Å²) in [7, 11) is 0. The van der Waals surface area contributed by atoms with Gasteiger partial charge in [0.15, 0.2) is 0 Å². The lowest BCUT2D eigenvalue weighted by Gasteiger charge is -2.11. The van der Waals surface area contributed by atoms with Crippen LogP contribution in [0.25, 0.3) is 10.8 Å². The zero-order valence-corrected chi connectivity index (χ0v) is 12.1. The summed E-state index contributed by atoms with van der Waals surface area (Å²) in [6.07, 6.45) is 3.67. The first-order valence-electron chi connectivity index (χ1n) is 6.24. The van der Waals surface area contributed by atoms with Gasteiger partial charge in [-0.15, -0.1) is 0 Å². The maximum atomic E-state index is 6.15. The molecule has 1 heterocycles. The molecule has 100 valence electrons. The van der Waals surface area contributed by atoms with Gasteiger partial charge < -0.3 is 5.32 Å². The third-order valence-electron chi connectivity index (χ3n) is 3.17. The van der Waals surface area contributed by atoms with Crippen LogP contribution in [0, 0.1) is 0 Å². The Morgan fingerprint density at radius 2 is 1.95 bits per heavy atom. The first-order valence-corrected chi connectivity index (χ1v) is 7.00. The summed E-state index contributed by atoms with van der Waals surface area (Å²) in [5, 5.41) is 6.97. The summed E-state index contributed by atoms with van der Waals surface area (Å²) in [5.41, 5.74) is 2.03. The van der Waals surface area contributed by atoms with Crippen LogP contribution < -0.4 is 5.32 Å². The van der Waals surface area contributed by atoms with Gasteiger partial charge in [-0.1, -0.05) is 41.4 Å². The molecular formula is C16H12Cl2N2. The molecule has 4 heteroatoms. The van der Waals surface area contributed by atoms with E-state index in [-0.39, 0.29) is 0 Å². The third kappa shape index (κ3) is 2.72. The van der Waals surface area contributed by atoms with Crippen molar-refractivity contribution >= 4 is 39.7 Å². The van der Waals surface area contributed by atoms with Crippen LogP contribution in [-0.4, -0.2) is 4.98 Å². The number of nitrogens with one attached hydrogen (secondary N) is 1. The van der Waals surface area contributed by atoms with Crippen molar-refractivity contribution < 1.29 is 0 Å². The highest BCUT2D eigenvalue weighted by Crippen LogP contribution is 2.26. The van der Waals surface area contributed by atoms with E-state index in [2.05, 4.69) is 22.4 Å². The van der Waals surface area contributed by atoms with Crippen LogP contribution >= 0.6 is 23.2 Å². The molecule has 0 atom stereocenters. The van der Waals surface area contributed by atoms with Gasteiger partial charge in [0.2, 0.25) is 0 Å². The molecular weight excluding hydrogens is 291 g/mol. The highest BCUT2D eigenvalue weighted by atomic mass is 35.5. The Balaban J connectivity index is 1.89. The fraction of sp³-hybridized carbons (Fsp3) is 0.0625. The van der Waals surface area contributed by atoms with Crippen molar-refractivity contribution in [3.63, 3.8) is 0 Å². The van der Waals surface area contributed by atoms with E-state index in [0.717, 1.165) is 11.1 Å². The highest BCUT2D eigenvalue weighted by Gasteiger charge is 2.03. The zero-order valence-electron chi connectivity index (χ0n) is 10.6. The molecule has 1 N–H and O–H groups in total. The van der Waals surface area contributed by atoms with Gasteiger partial charge in [0, 0.05) is 29.3 Å². The van der Waals surface area contributed by atoms with Crippen molar-refractivity contribution in [2.24, 2.45) is 0 Å². The molecule has 0 saturated heterocycles. The van der Waals surface area contributed by atoms with Gasteiger partial charge in [-0.05, 0) is 35.2 Å². The topological polar surface area (TPSA) is 24.9 Å². The van der Waals surface area contributed by atoms with Crippen molar-refractivity contribution in [2.75, 3.05) is 5.32 Å². The lowest BCUT2D eigenvalue weighted by Crippen LogP contribution is -2.00. The summed E-state index contributed by atoms with van der Waals surface area (Å²) in [4.78, 5) is 4.14. The van der Waals surface area contributed by atoms with E-state index in [1.165, 1.54) is 10.9 Å². The minimum absolute atomic E-state index is 0.663. The number of anilines is 1. The number of fused-ring (bicyclic) bond motifs is 1. The summed E-state index contributed by atoms with van der Waals surface area (Å²) >= 11 is 12.1. The van der Waals surface area contributed by atoms with Crippen molar-refractivity contribution in [1.82, 2.24) is 4.98 Å². The van der Waals surface area contributed by atoms with Crippen LogP contribution in [0.1, 0.15) is 5.56 Å². The Hall–Kier alpha value is -1.77. The Morgan fingerprint density at radius 3 is 2.85 bits per heavy atom. The summed E-state index contributed by atoms with van der Waals surface area (Å²) in [5.74, 6) is 0. The van der Waals surface area contributed by atoms with Crippen LogP contribution in [0.15, 0.2) is 54.9 Å². The van der Waals surface area contributed by atoms with E-state index < -0.39 is 0 Å². The van der Waals surface area contributed by atoms with Gasteiger partial charge in [0.25, 0.3) is 0 Å². The molecule has 0 saturated carbocycles. The average molecular weight is 303 g/mol. The number of nitrogens with zero attached hydrogens (tertiary/aromatic N) is 1. The van der Waals surface area contributed by atoms with Crippen LogP contribution in [0.4, 0.5) is 5.69 Å². The quantitative estimate of drug-likeness (QED) is 0.723. The van der Waals surface area contributed by atoms with Crippen molar-refractivity contribution in [3.05, 3.63) is 70.5 Å². The van der Waals surface area contributed by atoms with Crippen molar-refractivity contribution in [1.29, 1.82) is 0 Å². The first-order chi connectivity index (χ1) is 9.74. The minimum atomic E-state index is 0.663. The highest BCUT2D eigenvalue weighted by molar-refractivity contribution is 6.35. The van der Waals surface area contributed by atoms with E-state index in [1.54, 1.807) is 18.3 Å². The average Bonchev–Trinajstić information content (AvgIpc) is 2.48. The molecule has 2 aromatic carbocycles. The molecule has 3 rings (SSSR count). The summed E-state index contributed by atoms with van der Waals surface area (Å²) < 4.78 is 0. The molecule has 3 aromatic rings. The molecule has 0 bridgehead atoms. The predicted octanol–water partition coefficient (Wildman–Crippen LogP) is 5.15. The van der Waals surface area contributed by atoms with E-state index in [1.807, 2.05) is 24.4 Å². The summed E-state index contributed by atoms with van der Waals surface area (Å²) in [6.45, 7) is 0.682. The van der Waals surface area contributed by atoms with E-state index in [9.17, 15) is 0 Å². The zero-order chi connectivity index (χ0) is 13.9. The van der Waals surface area contributed by atoms with Crippen LogP contribution in [0.3, 0.4) is 0 Å². The second kappa shape index (κ2) is 5.70. The Kier molecular flexibility index (Phi) is 3.77. The Labute approximate surface area is 127 Å². The standard InChI is InChI=1S/C16H12Cl2N2/c17-13-4-5-15(18)16(8-13)20-10-12-3-1-2-11-9-19-7-6-14(11)12/h1-9,20H,10H2. The Bertz CT molecular complexity index is 751. The van der Waals surface area contributed by atoms with Gasteiger partial charge in [-0.2, -0.15) is 0 Å². The molecule has 20 heavy (non-hydrogen) atoms. The smallest absolute Gasteiger partial charge is 0.0638 e. The van der Waals surface area contributed by atoms with Crippen molar-refractivity contribution in [2.45, 2.75) is 6.54 Å². The molecule has 0 unspecified atom stereocenters. The molecule has 0 aliphatic rings. The number of pyridine rings is 1. The Morgan fingerprint density at radius 1 is 1.05 bits per heavy atom. The molecule has 0 spiro atoms. The lowest BCUT2D eigenvalue weighted by molar-refractivity contribution is 1.17. The molecule has 2 nitrogen and oxygen atoms in total. The van der Waals surface area contributed by atoms with Gasteiger partial charge in [-0.3, -0.25) is 4.98 Å². The molecule has 0 radical (unpaired) electrons. The monoisotopic (exact) mass is 302 g/mol. The molecule has 0 amide bonds. The first kappa shape index (κ1) is 13.2. The van der Waals surface area contributed by atoms with Gasteiger partial charge in [0.1, 0.15) is 0 Å². The second-order valence-corrected chi connectivity index (χ2v) is 5.34. The lowest BCUT2D eigenvalue weighted by atomic mass is 10.1. The maximum Gasteiger partial charge on any atom is 0.0638 e. The number of aromatic nitrogens is 1. The minimum Gasteiger partial charge on any atom is -0.380 e. The van der Waals surface area contributed by atoms with Crippen LogP contribution in [0.2, 0.25) is 10.0 Å². The van der Waals surface area contributed by atoms with E-state index >= 15 is 0 Å². The fourth-order valence-corrected chi connectivity index (χ4v) is 2.52. The van der Waals surface area contributed by atoms with Crippen molar-refractivity contribution in [3.8, 4) is 0 Å². The van der Waals surface area contributed by atoms with Gasteiger partial charge >= 0.3 is 0 Å². The van der Waals surface area contributed by atoms with E-state index in [0.29, 0.717) is 16.6 Å². The fourth-order valence-electron chi connectivity index (χ4n) is 2.17. The SMILES string of the molecule is Clc1ccc(Cl)c(NCc2cccc3cnccc23)c1. The van der Waals surface area contributed by atoms with E-state index in [4.69, 9.17) is 23.2 Å². The normalized spacial score (nSPS) is 10.7. The maximum absolute atomic E-state index is 6.15. The van der Waals surface area contributed by atoms with Gasteiger partial charge in [-0.25, -0.2) is 0 Å². The van der Waals surface area contributed by atoms with Crippen LogP contribution in [-0.2, 0) is 6.54 Å². The predicted molar refractivity (Wildman–Crippen MR) is 85.5 cm³/mol. The second-order valence-electron chi connectivity index (χ2n) is 4.49. The summed E-state index contributed by atoms with van der Waals surface area (Å²) in [6, 6.07) is 13.6. The van der Waals surface area contributed by atoms with Gasteiger partial charge in [0.05, 0.1) is 10.7 Å². The molecule has 1 aromatic heterocycles. The number of halogens is 2. The molecule has 0 aliphatic heterocycles. The number of benzene rings is 2. The molecule has 0 fully saturated rings. The van der Waals surface area contributed by atoms with Crippen LogP contribution in [0.5, 0.6) is 0 Å². The third-order valence-corrected chi connectivity index (χ3v) is 3.73. The number of rotatable bonds is 3. The molecule has 0 aliphatic carbocycles. The number of hydrogen-bond donors (Lipinski definition) is 1. The largest absolute Gasteiger partial charge is 0.380 e.